The van der Waals surface area contributed by atoms with Crippen molar-refractivity contribution >= 4 is 15.7 Å². The third-order valence-electron chi connectivity index (χ3n) is 3.89. The van der Waals surface area contributed by atoms with Crippen molar-refractivity contribution in [2.75, 3.05) is 18.6 Å². The second-order valence-electron chi connectivity index (χ2n) is 5.78. The lowest BCUT2D eigenvalue weighted by molar-refractivity contribution is 0.0909. The summed E-state index contributed by atoms with van der Waals surface area (Å²) in [6.07, 6.45) is 0.429. The number of sulfone groups is 1. The SMILES string of the molecule is COc1ccccc1OCc1ccc(C(=O)NC2CCS(=O)(=O)C2)o1. The molecule has 3 rings (SSSR count). The molecule has 1 unspecified atom stereocenters. The Labute approximate surface area is 145 Å². The van der Waals surface area contributed by atoms with Crippen LogP contribution < -0.4 is 14.8 Å². The summed E-state index contributed by atoms with van der Waals surface area (Å²) in [5.41, 5.74) is 0. The first-order valence-corrected chi connectivity index (χ1v) is 9.65. The Morgan fingerprint density at radius 3 is 2.68 bits per heavy atom. The summed E-state index contributed by atoms with van der Waals surface area (Å²) in [4.78, 5) is 12.1. The highest BCUT2D eigenvalue weighted by atomic mass is 32.2. The summed E-state index contributed by atoms with van der Waals surface area (Å²) in [6, 6.07) is 10.0. The molecule has 1 fully saturated rings. The second-order valence-corrected chi connectivity index (χ2v) is 8.01. The number of amides is 1. The van der Waals surface area contributed by atoms with Gasteiger partial charge in [-0.3, -0.25) is 4.79 Å². The predicted octanol–water partition coefficient (Wildman–Crippen LogP) is 1.78. The van der Waals surface area contributed by atoms with Crippen LogP contribution >= 0.6 is 0 Å². The number of para-hydroxylation sites is 2. The first kappa shape index (κ1) is 17.3. The molecule has 25 heavy (non-hydrogen) atoms. The van der Waals surface area contributed by atoms with Crippen LogP contribution in [0.1, 0.15) is 22.7 Å². The van der Waals surface area contributed by atoms with Gasteiger partial charge in [0.1, 0.15) is 12.4 Å². The Bertz CT molecular complexity index is 858. The predicted molar refractivity (Wildman–Crippen MR) is 90.6 cm³/mol. The molecule has 1 aromatic heterocycles. The highest BCUT2D eigenvalue weighted by Crippen LogP contribution is 2.26. The second kappa shape index (κ2) is 7.18. The number of nitrogens with one attached hydrogen (secondary N) is 1. The van der Waals surface area contributed by atoms with Gasteiger partial charge in [0.05, 0.1) is 18.6 Å². The largest absolute Gasteiger partial charge is 0.493 e. The molecule has 8 heteroatoms. The number of hydrogen-bond donors (Lipinski definition) is 1. The zero-order valence-electron chi connectivity index (χ0n) is 13.7. The molecule has 0 spiro atoms. The monoisotopic (exact) mass is 365 g/mol. The highest BCUT2D eigenvalue weighted by molar-refractivity contribution is 7.91. The molecule has 2 heterocycles. The molecule has 2 aromatic rings. The molecule has 0 radical (unpaired) electrons. The van der Waals surface area contributed by atoms with E-state index in [4.69, 9.17) is 13.9 Å². The van der Waals surface area contributed by atoms with Crippen LogP contribution in [0.15, 0.2) is 40.8 Å². The number of carbonyl (C=O) groups excluding carboxylic acids is 1. The van der Waals surface area contributed by atoms with E-state index in [0.717, 1.165) is 0 Å². The smallest absolute Gasteiger partial charge is 0.287 e. The highest BCUT2D eigenvalue weighted by Gasteiger charge is 2.29. The fourth-order valence-electron chi connectivity index (χ4n) is 2.63. The summed E-state index contributed by atoms with van der Waals surface area (Å²) in [5, 5.41) is 2.68. The quantitative estimate of drug-likeness (QED) is 0.839. The van der Waals surface area contributed by atoms with Gasteiger partial charge in [-0.2, -0.15) is 0 Å². The van der Waals surface area contributed by atoms with Gasteiger partial charge >= 0.3 is 0 Å². The maximum atomic E-state index is 12.1. The van der Waals surface area contributed by atoms with Crippen molar-refractivity contribution < 1.29 is 27.1 Å². The van der Waals surface area contributed by atoms with Gasteiger partial charge in [0, 0.05) is 6.04 Å². The van der Waals surface area contributed by atoms with Gasteiger partial charge in [-0.05, 0) is 30.7 Å². The summed E-state index contributed by atoms with van der Waals surface area (Å²) in [5.74, 6) is 1.44. The molecule has 1 saturated heterocycles. The minimum absolute atomic E-state index is 0.0246. The first-order valence-electron chi connectivity index (χ1n) is 7.82. The van der Waals surface area contributed by atoms with E-state index in [1.807, 2.05) is 12.1 Å². The van der Waals surface area contributed by atoms with Crippen LogP contribution in [0.3, 0.4) is 0 Å². The van der Waals surface area contributed by atoms with E-state index in [-0.39, 0.29) is 29.9 Å². The average Bonchev–Trinajstić information content (AvgIpc) is 3.19. The van der Waals surface area contributed by atoms with Crippen LogP contribution in [0.25, 0.3) is 0 Å². The number of furan rings is 1. The van der Waals surface area contributed by atoms with E-state index in [2.05, 4.69) is 5.32 Å². The van der Waals surface area contributed by atoms with Crippen LogP contribution in [-0.4, -0.2) is 39.0 Å². The van der Waals surface area contributed by atoms with Crippen molar-refractivity contribution in [3.63, 3.8) is 0 Å². The number of hydrogen-bond acceptors (Lipinski definition) is 6. The topological polar surface area (TPSA) is 94.8 Å². The molecule has 1 aromatic carbocycles. The molecule has 7 nitrogen and oxygen atoms in total. The molecular formula is C17H19NO6S. The third-order valence-corrected chi connectivity index (χ3v) is 5.66. The summed E-state index contributed by atoms with van der Waals surface area (Å²) >= 11 is 0. The van der Waals surface area contributed by atoms with E-state index in [0.29, 0.717) is 23.7 Å². The lowest BCUT2D eigenvalue weighted by Crippen LogP contribution is -2.35. The normalized spacial score (nSPS) is 18.7. The molecule has 1 amide bonds. The molecule has 1 atom stereocenters. The first-order chi connectivity index (χ1) is 12.0. The number of carbonyl (C=O) groups is 1. The summed E-state index contributed by atoms with van der Waals surface area (Å²) in [7, 11) is -1.48. The molecule has 0 bridgehead atoms. The van der Waals surface area contributed by atoms with Crippen LogP contribution in [0, 0.1) is 0 Å². The van der Waals surface area contributed by atoms with Crippen LogP contribution in [0.4, 0.5) is 0 Å². The Morgan fingerprint density at radius 1 is 1.24 bits per heavy atom. The van der Waals surface area contributed by atoms with Crippen LogP contribution in [0.5, 0.6) is 11.5 Å². The minimum atomic E-state index is -3.04. The van der Waals surface area contributed by atoms with Crippen LogP contribution in [0.2, 0.25) is 0 Å². The molecular weight excluding hydrogens is 346 g/mol. The van der Waals surface area contributed by atoms with E-state index in [1.54, 1.807) is 31.4 Å². The van der Waals surface area contributed by atoms with Crippen molar-refractivity contribution in [1.29, 1.82) is 0 Å². The molecule has 1 aliphatic heterocycles. The van der Waals surface area contributed by atoms with Crippen molar-refractivity contribution in [2.24, 2.45) is 0 Å². The molecule has 1 aliphatic rings. The Hall–Kier alpha value is -2.48. The minimum Gasteiger partial charge on any atom is -0.493 e. The lowest BCUT2D eigenvalue weighted by Gasteiger charge is -2.09. The van der Waals surface area contributed by atoms with E-state index in [9.17, 15) is 13.2 Å². The van der Waals surface area contributed by atoms with Gasteiger partial charge in [-0.15, -0.1) is 0 Å². The van der Waals surface area contributed by atoms with E-state index >= 15 is 0 Å². The Balaban J connectivity index is 1.58. The average molecular weight is 365 g/mol. The van der Waals surface area contributed by atoms with Gasteiger partial charge in [-0.25, -0.2) is 8.42 Å². The van der Waals surface area contributed by atoms with Crippen molar-refractivity contribution in [1.82, 2.24) is 5.32 Å². The number of ether oxygens (including phenoxy) is 2. The lowest BCUT2D eigenvalue weighted by atomic mass is 10.2. The van der Waals surface area contributed by atoms with Gasteiger partial charge in [-0.1, -0.05) is 12.1 Å². The molecule has 1 N–H and O–H groups in total. The zero-order valence-corrected chi connectivity index (χ0v) is 14.5. The summed E-state index contributed by atoms with van der Waals surface area (Å²) < 4.78 is 39.2. The zero-order chi connectivity index (χ0) is 17.9. The fraction of sp³-hybridized carbons (Fsp3) is 0.353. The van der Waals surface area contributed by atoms with Crippen molar-refractivity contribution in [2.45, 2.75) is 19.1 Å². The number of methoxy groups -OCH3 is 1. The van der Waals surface area contributed by atoms with Crippen molar-refractivity contribution in [3.8, 4) is 11.5 Å². The Kier molecular flexibility index (Phi) is 4.98. The van der Waals surface area contributed by atoms with Gasteiger partial charge in [0.2, 0.25) is 0 Å². The van der Waals surface area contributed by atoms with E-state index < -0.39 is 15.7 Å². The summed E-state index contributed by atoms with van der Waals surface area (Å²) in [6.45, 7) is 0.144. The third kappa shape index (κ3) is 4.33. The van der Waals surface area contributed by atoms with E-state index in [1.165, 1.54) is 0 Å². The molecule has 134 valence electrons. The molecule has 0 saturated carbocycles. The van der Waals surface area contributed by atoms with Gasteiger partial charge < -0.3 is 19.2 Å². The maximum absolute atomic E-state index is 12.1. The maximum Gasteiger partial charge on any atom is 0.287 e. The van der Waals surface area contributed by atoms with Gasteiger partial charge in [0.15, 0.2) is 27.1 Å². The Morgan fingerprint density at radius 2 is 2.00 bits per heavy atom. The number of benzene rings is 1. The van der Waals surface area contributed by atoms with Crippen LogP contribution in [-0.2, 0) is 16.4 Å². The van der Waals surface area contributed by atoms with Crippen molar-refractivity contribution in [3.05, 3.63) is 47.9 Å². The van der Waals surface area contributed by atoms with Gasteiger partial charge in [0.25, 0.3) is 5.91 Å². The fourth-order valence-corrected chi connectivity index (χ4v) is 4.30. The standard InChI is InChI=1S/C17H19NO6S/c1-22-14-4-2-3-5-15(14)23-10-13-6-7-16(24-13)17(19)18-12-8-9-25(20,21)11-12/h2-7,12H,8-11H2,1H3,(H,18,19). The number of rotatable bonds is 6. The molecule has 0 aliphatic carbocycles.